The Bertz CT molecular complexity index is 896. The molecule has 0 saturated carbocycles. The Morgan fingerprint density at radius 3 is 2.67 bits per heavy atom. The summed E-state index contributed by atoms with van der Waals surface area (Å²) in [6, 6.07) is 11.5. The summed E-state index contributed by atoms with van der Waals surface area (Å²) in [5, 5.41) is 9.91. The van der Waals surface area contributed by atoms with Gasteiger partial charge in [-0.05, 0) is 5.56 Å². The maximum Gasteiger partial charge on any atom is 0.231 e. The van der Waals surface area contributed by atoms with Gasteiger partial charge in [-0.15, -0.1) is 6.42 Å². The molecule has 118 valence electrons. The van der Waals surface area contributed by atoms with Crippen LogP contribution < -0.4 is 16.2 Å². The van der Waals surface area contributed by atoms with Crippen LogP contribution >= 0.6 is 11.8 Å². The van der Waals surface area contributed by atoms with E-state index in [2.05, 4.69) is 22.0 Å². The number of hydrogen-bond acceptors (Lipinski definition) is 7. The molecular weight excluding hydrogens is 322 g/mol. The fourth-order valence-corrected chi connectivity index (χ4v) is 3.03. The molecule has 0 saturated heterocycles. The summed E-state index contributed by atoms with van der Waals surface area (Å²) >= 11 is 1.27. The second-order valence-electron chi connectivity index (χ2n) is 4.94. The fraction of sp³-hybridized carbons (Fsp3) is 0.118. The van der Waals surface area contributed by atoms with E-state index in [4.69, 9.17) is 22.6 Å². The average molecular weight is 335 g/mol. The van der Waals surface area contributed by atoms with Crippen molar-refractivity contribution >= 4 is 17.6 Å². The van der Waals surface area contributed by atoms with E-state index in [-0.39, 0.29) is 23.2 Å². The topological polar surface area (TPSA) is 111 Å². The van der Waals surface area contributed by atoms with Crippen LogP contribution in [0.2, 0.25) is 0 Å². The van der Waals surface area contributed by atoms with E-state index < -0.39 is 5.92 Å². The van der Waals surface area contributed by atoms with Gasteiger partial charge in [-0.3, -0.25) is 0 Å². The van der Waals surface area contributed by atoms with E-state index in [0.29, 0.717) is 16.5 Å². The van der Waals surface area contributed by atoms with Gasteiger partial charge >= 0.3 is 0 Å². The van der Waals surface area contributed by atoms with Crippen LogP contribution in [0.1, 0.15) is 17.0 Å². The normalized spacial score (nSPS) is 15.8. The van der Waals surface area contributed by atoms with Crippen LogP contribution in [0.5, 0.6) is 5.88 Å². The number of nitriles is 1. The van der Waals surface area contributed by atoms with Gasteiger partial charge in [0.25, 0.3) is 0 Å². The molecule has 0 amide bonds. The maximum absolute atomic E-state index is 9.50. The lowest BCUT2D eigenvalue weighted by molar-refractivity contribution is 0.373. The molecule has 3 rings (SSSR count). The van der Waals surface area contributed by atoms with Crippen molar-refractivity contribution in [3.05, 3.63) is 52.9 Å². The van der Waals surface area contributed by atoms with Crippen molar-refractivity contribution in [2.45, 2.75) is 11.1 Å². The molecule has 1 aromatic heterocycles. The van der Waals surface area contributed by atoms with Gasteiger partial charge in [0.1, 0.15) is 17.5 Å². The molecule has 0 aliphatic carbocycles. The van der Waals surface area contributed by atoms with Crippen LogP contribution in [0.15, 0.2) is 46.9 Å². The number of rotatable bonds is 3. The molecule has 24 heavy (non-hydrogen) atoms. The highest BCUT2D eigenvalue weighted by Crippen LogP contribution is 2.43. The minimum atomic E-state index is -0.466. The van der Waals surface area contributed by atoms with Crippen LogP contribution in [0.3, 0.4) is 0 Å². The number of nitrogens with two attached hydrogens (primary N) is 2. The van der Waals surface area contributed by atoms with Crippen molar-refractivity contribution in [2.24, 2.45) is 5.73 Å². The summed E-state index contributed by atoms with van der Waals surface area (Å²) in [7, 11) is 0. The minimum absolute atomic E-state index is 0.0184. The molecule has 0 radical (unpaired) electrons. The molecule has 2 aromatic rings. The number of hydrogen-bond donors (Lipinski definition) is 2. The lowest BCUT2D eigenvalue weighted by Crippen LogP contribution is -2.23. The molecule has 1 aromatic carbocycles. The molecule has 1 aliphatic rings. The highest BCUT2D eigenvalue weighted by molar-refractivity contribution is 7.99. The third-order valence-corrected chi connectivity index (χ3v) is 4.26. The average Bonchev–Trinajstić information content (AvgIpc) is 2.59. The van der Waals surface area contributed by atoms with Crippen molar-refractivity contribution in [3.8, 4) is 24.3 Å². The molecule has 1 aliphatic heterocycles. The van der Waals surface area contributed by atoms with E-state index in [9.17, 15) is 5.26 Å². The number of nitrogen functional groups attached to an aromatic ring is 1. The van der Waals surface area contributed by atoms with Gasteiger partial charge in [-0.2, -0.15) is 10.2 Å². The lowest BCUT2D eigenvalue weighted by atomic mass is 9.85. The molecule has 6 nitrogen and oxygen atoms in total. The summed E-state index contributed by atoms with van der Waals surface area (Å²) < 4.78 is 5.53. The number of anilines is 1. The van der Waals surface area contributed by atoms with Crippen LogP contribution in [0, 0.1) is 23.7 Å². The Hall–Kier alpha value is -3.16. The molecule has 0 bridgehead atoms. The van der Waals surface area contributed by atoms with E-state index in [1.165, 1.54) is 11.8 Å². The van der Waals surface area contributed by atoms with Crippen LogP contribution in [-0.2, 0) is 0 Å². The highest BCUT2D eigenvalue weighted by atomic mass is 32.2. The highest BCUT2D eigenvalue weighted by Gasteiger charge is 2.34. The first-order chi connectivity index (χ1) is 11.7. The van der Waals surface area contributed by atoms with Gasteiger partial charge in [0.05, 0.1) is 17.2 Å². The number of nitrogens with zero attached hydrogens (tertiary/aromatic N) is 3. The summed E-state index contributed by atoms with van der Waals surface area (Å²) in [6.45, 7) is 0. The SMILES string of the molecule is C#CCSc1nc(N)c2c(n1)OC(N)=C(C#N)[C@H]2c1ccccc1. The summed E-state index contributed by atoms with van der Waals surface area (Å²) in [6.07, 6.45) is 5.26. The lowest BCUT2D eigenvalue weighted by Gasteiger charge is -2.26. The van der Waals surface area contributed by atoms with Crippen LogP contribution in [-0.4, -0.2) is 15.7 Å². The van der Waals surface area contributed by atoms with E-state index >= 15 is 0 Å². The van der Waals surface area contributed by atoms with Gasteiger partial charge < -0.3 is 16.2 Å². The van der Waals surface area contributed by atoms with Crippen molar-refractivity contribution < 1.29 is 4.74 Å². The predicted molar refractivity (Wildman–Crippen MR) is 91.7 cm³/mol. The van der Waals surface area contributed by atoms with Crippen LogP contribution in [0.25, 0.3) is 0 Å². The standard InChI is InChI=1S/C17H13N5OS/c1-2-8-24-17-21-14(19)13-12(10-6-4-3-5-7-10)11(9-18)15(20)23-16(13)22-17/h1,3-7,12H,8,20H2,(H2,19,21,22)/t12-/m1/s1. The molecular formula is C17H13N5OS. The zero-order valence-corrected chi connectivity index (χ0v) is 13.4. The first kappa shape index (κ1) is 15.7. The zero-order chi connectivity index (χ0) is 17.1. The van der Waals surface area contributed by atoms with Gasteiger partial charge in [0, 0.05) is 0 Å². The summed E-state index contributed by atoms with van der Waals surface area (Å²) in [4.78, 5) is 8.61. The Morgan fingerprint density at radius 1 is 1.25 bits per heavy atom. The Kier molecular flexibility index (Phi) is 4.28. The summed E-state index contributed by atoms with van der Waals surface area (Å²) in [5.41, 5.74) is 13.7. The minimum Gasteiger partial charge on any atom is -0.422 e. The van der Waals surface area contributed by atoms with Gasteiger partial charge in [-0.1, -0.05) is 48.0 Å². The number of aromatic nitrogens is 2. The van der Waals surface area contributed by atoms with Gasteiger partial charge in [0.2, 0.25) is 11.8 Å². The molecule has 0 fully saturated rings. The second-order valence-corrected chi connectivity index (χ2v) is 5.88. The fourth-order valence-electron chi connectivity index (χ4n) is 2.51. The van der Waals surface area contributed by atoms with Crippen molar-refractivity contribution in [1.82, 2.24) is 9.97 Å². The number of allylic oxidation sites excluding steroid dienone is 1. The van der Waals surface area contributed by atoms with E-state index in [0.717, 1.165) is 5.56 Å². The Morgan fingerprint density at radius 2 is 2.00 bits per heavy atom. The third kappa shape index (κ3) is 2.73. The smallest absolute Gasteiger partial charge is 0.231 e. The molecule has 4 N–H and O–H groups in total. The predicted octanol–water partition coefficient (Wildman–Crippen LogP) is 2.00. The molecule has 0 unspecified atom stereocenters. The number of terminal acetylenes is 1. The number of benzene rings is 1. The molecule has 7 heteroatoms. The molecule has 0 spiro atoms. The van der Waals surface area contributed by atoms with Crippen molar-refractivity contribution in [1.29, 1.82) is 5.26 Å². The monoisotopic (exact) mass is 335 g/mol. The molecule has 1 atom stereocenters. The maximum atomic E-state index is 9.50. The van der Waals surface area contributed by atoms with E-state index in [1.54, 1.807) is 0 Å². The quantitative estimate of drug-likeness (QED) is 0.501. The van der Waals surface area contributed by atoms with Crippen LogP contribution in [0.4, 0.5) is 5.82 Å². The third-order valence-electron chi connectivity index (χ3n) is 3.51. The Labute approximate surface area is 143 Å². The zero-order valence-electron chi connectivity index (χ0n) is 12.6. The van der Waals surface area contributed by atoms with Gasteiger partial charge in [0.15, 0.2) is 5.16 Å². The van der Waals surface area contributed by atoms with Crippen molar-refractivity contribution in [3.63, 3.8) is 0 Å². The van der Waals surface area contributed by atoms with Crippen molar-refractivity contribution in [2.75, 3.05) is 11.5 Å². The Balaban J connectivity index is 2.17. The molecule has 2 heterocycles. The summed E-state index contributed by atoms with van der Waals surface area (Å²) in [5.74, 6) is 2.96. The van der Waals surface area contributed by atoms with Gasteiger partial charge in [-0.25, -0.2) is 4.98 Å². The van der Waals surface area contributed by atoms with E-state index in [1.807, 2.05) is 30.3 Å². The second kappa shape index (κ2) is 6.53. The largest absolute Gasteiger partial charge is 0.422 e. The number of fused-ring (bicyclic) bond motifs is 1. The first-order valence-corrected chi connectivity index (χ1v) is 8.00. The number of ether oxygens (including phenoxy) is 1. The number of thioether (sulfide) groups is 1. The first-order valence-electron chi connectivity index (χ1n) is 7.02.